The summed E-state index contributed by atoms with van der Waals surface area (Å²) in [5.41, 5.74) is 3.74. The highest BCUT2D eigenvalue weighted by Gasteiger charge is 2.47. The summed E-state index contributed by atoms with van der Waals surface area (Å²) in [5, 5.41) is 9.66. The summed E-state index contributed by atoms with van der Waals surface area (Å²) in [4.78, 5) is 2.37. The molecule has 0 radical (unpaired) electrons. The zero-order valence-electron chi connectivity index (χ0n) is 13.5. The summed E-state index contributed by atoms with van der Waals surface area (Å²) >= 11 is 0. The summed E-state index contributed by atoms with van der Waals surface area (Å²) in [6.07, 6.45) is 3.27. The molecule has 3 rings (SSSR count). The summed E-state index contributed by atoms with van der Waals surface area (Å²) in [6, 6.07) is 18.8. The van der Waals surface area contributed by atoms with Crippen molar-refractivity contribution >= 4 is 0 Å². The number of phenolic OH excluding ortho intramolecular Hbond substituents is 1. The number of rotatable bonds is 2. The molecule has 0 bridgehead atoms. The second-order valence-corrected chi connectivity index (χ2v) is 6.16. The first-order valence-electron chi connectivity index (χ1n) is 7.84. The Bertz CT molecular complexity index is 675. The van der Waals surface area contributed by atoms with Crippen LogP contribution in [0.2, 0.25) is 0 Å². The van der Waals surface area contributed by atoms with Crippen LogP contribution < -0.4 is 0 Å². The van der Waals surface area contributed by atoms with Crippen molar-refractivity contribution in [3.63, 3.8) is 0 Å². The number of nitrogens with zero attached hydrogens (tertiary/aromatic N) is 1. The minimum atomic E-state index is -0.141. The van der Waals surface area contributed by atoms with Gasteiger partial charge in [-0.1, -0.05) is 48.5 Å². The highest BCUT2D eigenvalue weighted by atomic mass is 16.3. The maximum Gasteiger partial charge on any atom is 0.115 e. The summed E-state index contributed by atoms with van der Waals surface area (Å²) in [6.45, 7) is 4.39. The van der Waals surface area contributed by atoms with Gasteiger partial charge in [-0.25, -0.2) is 0 Å². The lowest BCUT2D eigenvalue weighted by atomic mass is 9.70. The molecule has 1 N–H and O–H groups in total. The molecular formula is C20H23NO. The molecule has 0 aliphatic carbocycles. The Kier molecular flexibility index (Phi) is 3.69. The average molecular weight is 293 g/mol. The first-order valence-corrected chi connectivity index (χ1v) is 7.84. The second-order valence-electron chi connectivity index (χ2n) is 6.16. The zero-order valence-corrected chi connectivity index (χ0v) is 13.5. The monoisotopic (exact) mass is 293 g/mol. The molecule has 2 nitrogen and oxygen atoms in total. The van der Waals surface area contributed by atoms with Gasteiger partial charge in [-0.15, -0.1) is 0 Å². The molecule has 2 unspecified atom stereocenters. The van der Waals surface area contributed by atoms with Gasteiger partial charge in [0.15, 0.2) is 0 Å². The Morgan fingerprint density at radius 2 is 1.64 bits per heavy atom. The average Bonchev–Trinajstić information content (AvgIpc) is 2.81. The molecule has 0 aromatic heterocycles. The lowest BCUT2D eigenvalue weighted by molar-refractivity contribution is 0.375. The van der Waals surface area contributed by atoms with E-state index in [4.69, 9.17) is 0 Å². The van der Waals surface area contributed by atoms with Crippen molar-refractivity contribution in [1.29, 1.82) is 0 Å². The number of phenols is 1. The van der Waals surface area contributed by atoms with Gasteiger partial charge >= 0.3 is 0 Å². The quantitative estimate of drug-likeness (QED) is 0.892. The molecule has 1 aliphatic rings. The molecule has 0 saturated carbocycles. The zero-order chi connectivity index (χ0) is 15.7. The fourth-order valence-electron chi connectivity index (χ4n) is 3.84. The fourth-order valence-corrected chi connectivity index (χ4v) is 3.84. The van der Waals surface area contributed by atoms with E-state index in [2.05, 4.69) is 74.3 Å². The van der Waals surface area contributed by atoms with Crippen LogP contribution in [0.4, 0.5) is 0 Å². The molecule has 0 amide bonds. The smallest absolute Gasteiger partial charge is 0.115 e. The number of benzene rings is 2. The standard InChI is InChI=1S/C20H23NO/c1-4-19-20(14-15(2)21(19)3,16-8-6-5-7-9-16)17-10-12-18(22)13-11-17/h4-13,15,22H,14H2,1-3H3. The first kappa shape index (κ1) is 14.7. The minimum absolute atomic E-state index is 0.141. The molecule has 1 heterocycles. The lowest BCUT2D eigenvalue weighted by Gasteiger charge is -2.33. The van der Waals surface area contributed by atoms with Gasteiger partial charge in [0.1, 0.15) is 5.75 Å². The van der Waals surface area contributed by atoms with Crippen LogP contribution in [0.25, 0.3) is 0 Å². The number of likely N-dealkylation sites (N-methyl/N-ethyl adjacent to an activating group) is 1. The molecule has 2 aromatic rings. The Hall–Kier alpha value is -2.22. The van der Waals surface area contributed by atoms with Gasteiger partial charge in [0, 0.05) is 18.8 Å². The normalized spacial score (nSPS) is 26.6. The molecule has 1 fully saturated rings. The van der Waals surface area contributed by atoms with Crippen molar-refractivity contribution in [3.8, 4) is 5.75 Å². The predicted octanol–water partition coefficient (Wildman–Crippen LogP) is 4.31. The van der Waals surface area contributed by atoms with Crippen LogP contribution in [0, 0.1) is 0 Å². The van der Waals surface area contributed by atoms with Crippen LogP contribution in [0.15, 0.2) is 66.4 Å². The van der Waals surface area contributed by atoms with E-state index in [9.17, 15) is 5.11 Å². The fraction of sp³-hybridized carbons (Fsp3) is 0.300. The van der Waals surface area contributed by atoms with E-state index in [1.165, 1.54) is 16.8 Å². The molecule has 0 spiro atoms. The van der Waals surface area contributed by atoms with Crippen molar-refractivity contribution < 1.29 is 5.11 Å². The maximum atomic E-state index is 9.66. The van der Waals surface area contributed by atoms with Crippen molar-refractivity contribution in [2.45, 2.75) is 31.7 Å². The van der Waals surface area contributed by atoms with Crippen molar-refractivity contribution in [1.82, 2.24) is 4.90 Å². The van der Waals surface area contributed by atoms with Crippen molar-refractivity contribution in [2.24, 2.45) is 0 Å². The van der Waals surface area contributed by atoms with Crippen LogP contribution in [-0.2, 0) is 5.41 Å². The Morgan fingerprint density at radius 1 is 1.05 bits per heavy atom. The Labute approximate surface area is 132 Å². The van der Waals surface area contributed by atoms with Crippen LogP contribution in [0.3, 0.4) is 0 Å². The van der Waals surface area contributed by atoms with Gasteiger partial charge < -0.3 is 10.0 Å². The third kappa shape index (κ3) is 2.10. The SMILES string of the molecule is CC=C1N(C)C(C)CC1(c1ccccc1)c1ccc(O)cc1. The number of aromatic hydroxyl groups is 1. The summed E-state index contributed by atoms with van der Waals surface area (Å²) in [7, 11) is 2.17. The molecule has 2 aromatic carbocycles. The van der Waals surface area contributed by atoms with Crippen LogP contribution in [0.5, 0.6) is 5.75 Å². The van der Waals surface area contributed by atoms with Gasteiger partial charge in [-0.05, 0) is 43.5 Å². The summed E-state index contributed by atoms with van der Waals surface area (Å²) < 4.78 is 0. The van der Waals surface area contributed by atoms with Crippen LogP contribution in [-0.4, -0.2) is 23.1 Å². The van der Waals surface area contributed by atoms with E-state index in [1.807, 2.05) is 0 Å². The first-order chi connectivity index (χ1) is 10.6. The number of hydrogen-bond donors (Lipinski definition) is 1. The second kappa shape index (κ2) is 5.53. The van der Waals surface area contributed by atoms with Crippen molar-refractivity contribution in [2.75, 3.05) is 7.05 Å². The topological polar surface area (TPSA) is 23.5 Å². The highest BCUT2D eigenvalue weighted by Crippen LogP contribution is 2.50. The molecule has 1 saturated heterocycles. The highest BCUT2D eigenvalue weighted by molar-refractivity contribution is 5.51. The number of allylic oxidation sites excluding steroid dienone is 2. The number of likely N-dealkylation sites (tertiary alicyclic amines) is 1. The van der Waals surface area contributed by atoms with E-state index in [1.54, 1.807) is 12.1 Å². The Balaban J connectivity index is 2.26. The van der Waals surface area contributed by atoms with E-state index in [0.717, 1.165) is 6.42 Å². The van der Waals surface area contributed by atoms with E-state index < -0.39 is 0 Å². The number of hydrogen-bond acceptors (Lipinski definition) is 2. The van der Waals surface area contributed by atoms with E-state index in [-0.39, 0.29) is 5.41 Å². The van der Waals surface area contributed by atoms with Gasteiger partial charge in [-0.2, -0.15) is 0 Å². The van der Waals surface area contributed by atoms with Gasteiger partial charge in [0.25, 0.3) is 0 Å². The van der Waals surface area contributed by atoms with Gasteiger partial charge in [-0.3, -0.25) is 0 Å². The Morgan fingerprint density at radius 3 is 2.23 bits per heavy atom. The van der Waals surface area contributed by atoms with Crippen LogP contribution >= 0.6 is 0 Å². The molecule has 22 heavy (non-hydrogen) atoms. The van der Waals surface area contributed by atoms with Gasteiger partial charge in [0.2, 0.25) is 0 Å². The van der Waals surface area contributed by atoms with E-state index >= 15 is 0 Å². The van der Waals surface area contributed by atoms with Crippen molar-refractivity contribution in [3.05, 3.63) is 77.5 Å². The third-order valence-electron chi connectivity index (χ3n) is 4.98. The minimum Gasteiger partial charge on any atom is -0.508 e. The van der Waals surface area contributed by atoms with Crippen LogP contribution in [0.1, 0.15) is 31.4 Å². The summed E-state index contributed by atoms with van der Waals surface area (Å²) in [5.74, 6) is 0.313. The third-order valence-corrected chi connectivity index (χ3v) is 4.98. The van der Waals surface area contributed by atoms with Gasteiger partial charge in [0.05, 0.1) is 5.41 Å². The molecule has 1 aliphatic heterocycles. The predicted molar refractivity (Wildman–Crippen MR) is 90.9 cm³/mol. The molecule has 2 heteroatoms. The lowest BCUT2D eigenvalue weighted by Crippen LogP contribution is -2.29. The molecule has 114 valence electrons. The molecule has 2 atom stereocenters. The molecular weight excluding hydrogens is 270 g/mol. The van der Waals surface area contributed by atoms with E-state index in [0.29, 0.717) is 11.8 Å². The maximum absolute atomic E-state index is 9.66. The largest absolute Gasteiger partial charge is 0.508 e.